The first kappa shape index (κ1) is 60.1. The van der Waals surface area contributed by atoms with Gasteiger partial charge in [0.25, 0.3) is 5.17 Å². The first-order valence-electron chi connectivity index (χ1n) is 26.7. The molecule has 3 aromatic carbocycles. The van der Waals surface area contributed by atoms with Crippen LogP contribution in [-0.4, -0.2) is 142 Å². The molecule has 25 heteroatoms. The first-order chi connectivity index (χ1) is 38.4. The Hall–Kier alpha value is -7.04. The van der Waals surface area contributed by atoms with E-state index >= 15 is 4.79 Å². The number of H-pyrrole nitrogens is 2. The van der Waals surface area contributed by atoms with Gasteiger partial charge in [0.15, 0.2) is 11.5 Å². The van der Waals surface area contributed by atoms with E-state index in [1.807, 2.05) is 51.1 Å². The third-order valence-electron chi connectivity index (χ3n) is 15.7. The number of thiocarbonyl (C=S) groups is 1. The summed E-state index contributed by atoms with van der Waals surface area (Å²) >= 11 is 12.4. The molecule has 2 unspecified atom stereocenters. The molecular weight excluding hydrogens is 1100 g/mol. The molecule has 0 saturated heterocycles. The predicted octanol–water partition coefficient (Wildman–Crippen LogP) is 6.51. The summed E-state index contributed by atoms with van der Waals surface area (Å²) in [5, 5.41) is 12.1. The molecule has 22 nitrogen and oxygen atoms in total. The summed E-state index contributed by atoms with van der Waals surface area (Å²) in [6, 6.07) is 9.24. The molecule has 3 aliphatic rings. The van der Waals surface area contributed by atoms with E-state index < -0.39 is 49.3 Å². The number of nitrogens with zero attached hydrogens (tertiary/aromatic N) is 4. The van der Waals surface area contributed by atoms with Crippen LogP contribution >= 0.6 is 32.4 Å². The van der Waals surface area contributed by atoms with Crippen molar-refractivity contribution in [2.75, 3.05) is 74.4 Å². The van der Waals surface area contributed by atoms with Crippen molar-refractivity contribution in [3.05, 3.63) is 76.6 Å². The second kappa shape index (κ2) is 24.6. The number of anilines is 3. The van der Waals surface area contributed by atoms with Crippen LogP contribution in [0.5, 0.6) is 11.5 Å². The average molecular weight is 1170 g/mol. The summed E-state index contributed by atoms with van der Waals surface area (Å²) < 4.78 is 17.5. The number of halogens is 1. The summed E-state index contributed by atoms with van der Waals surface area (Å²) in [5.41, 5.74) is 5.86. The summed E-state index contributed by atoms with van der Waals surface area (Å²) in [4.78, 5) is 125. The van der Waals surface area contributed by atoms with Gasteiger partial charge in [-0.3, -0.25) is 28.8 Å². The number of hydrogen-bond acceptors (Lipinski definition) is 13. The molecule has 0 bridgehead atoms. The van der Waals surface area contributed by atoms with Gasteiger partial charge in [0.05, 0.1) is 40.9 Å². The number of rotatable bonds is 20. The summed E-state index contributed by atoms with van der Waals surface area (Å²) in [6.07, 6.45) is 4.91. The fraction of sp³-hybridized carbons (Fsp3) is 0.464. The number of nitrogens with one attached hydrogen (secondary N) is 6. The van der Waals surface area contributed by atoms with Crippen LogP contribution < -0.4 is 40.3 Å². The Bertz CT molecular complexity index is 3290. The van der Waals surface area contributed by atoms with E-state index in [0.29, 0.717) is 67.0 Å². The molecule has 2 aliphatic heterocycles. The van der Waals surface area contributed by atoms with Crippen LogP contribution in [-0.2, 0) is 46.5 Å². The molecule has 1 aliphatic carbocycles. The van der Waals surface area contributed by atoms with Crippen molar-refractivity contribution < 1.29 is 57.3 Å². The highest BCUT2D eigenvalue weighted by Crippen LogP contribution is 2.60. The second-order valence-corrected chi connectivity index (χ2v) is 23.3. The van der Waals surface area contributed by atoms with Gasteiger partial charge in [0.2, 0.25) is 35.4 Å². The zero-order valence-corrected chi connectivity index (χ0v) is 49.3. The zero-order chi connectivity index (χ0) is 58.8. The van der Waals surface area contributed by atoms with E-state index in [1.54, 1.807) is 68.1 Å². The van der Waals surface area contributed by atoms with E-state index in [9.17, 15) is 38.6 Å². The fourth-order valence-corrected chi connectivity index (χ4v) is 12.2. The minimum Gasteiger partial charge on any atom is -0.445 e. The van der Waals surface area contributed by atoms with E-state index in [-0.39, 0.29) is 79.1 Å². The second-order valence-electron chi connectivity index (χ2n) is 21.9. The maximum atomic E-state index is 15.0. The molecule has 0 spiro atoms. The topological polar surface area (TPSA) is 280 Å². The van der Waals surface area contributed by atoms with Crippen molar-refractivity contribution in [2.45, 2.75) is 92.7 Å². The average Bonchev–Trinajstić information content (AvgIpc) is 4.27. The quantitative estimate of drug-likeness (QED) is 0.0235. The number of amides is 7. The van der Waals surface area contributed by atoms with Gasteiger partial charge in [0.1, 0.15) is 12.6 Å². The third-order valence-corrected chi connectivity index (χ3v) is 16.8. The molecule has 2 aromatic heterocycles. The number of ether oxygens (including phenoxy) is 2. The van der Waals surface area contributed by atoms with Gasteiger partial charge < -0.3 is 74.6 Å². The van der Waals surface area contributed by atoms with Gasteiger partial charge in [-0.2, -0.15) is 0 Å². The normalized spacial score (nSPS) is 18.5. The first-order valence-corrected chi connectivity index (χ1v) is 28.8. The molecule has 1 fully saturated rings. The smallest absolute Gasteiger partial charge is 0.409 e. The third kappa shape index (κ3) is 12.6. The Morgan fingerprint density at radius 1 is 0.877 bits per heavy atom. The number of hydrogen-bond donors (Lipinski definition) is 8. The highest BCUT2D eigenvalue weighted by molar-refractivity contribution is 7.80. The standard InChI is InChI=1S/C56H70ClN10O12PS/c1-10-56(28-55(7,29-56)51(72)67-26-35(21-57)46-39(67)20-41(79-80(75)76)49-45(46)32(5)23-60-49)52(73)66-16-15-37-38(66)19-40(48-44(37)31(4)22-59-48)78-54(81)65(9)18-17-64(8)53(74)77-27-34-11-13-36(14-12-34)62-42(69)25-61-50(71)47(30(2)3)63-43(70)24-58-33(6)68/h11-14,19-20,22-23,30,35,47,59-60,75-76H,10,15-18,21,24-29H2,1-9H3,(H,58,68)(H,61,71)(H,62,69)(H,63,70). The monoisotopic (exact) mass is 1170 g/mol. The van der Waals surface area contributed by atoms with Crippen molar-refractivity contribution in [2.24, 2.45) is 16.7 Å². The Kier molecular flexibility index (Phi) is 18.2. The number of alkyl halides is 1. The lowest BCUT2D eigenvalue weighted by Crippen LogP contribution is -2.60. The van der Waals surface area contributed by atoms with Gasteiger partial charge >= 0.3 is 14.7 Å². The zero-order valence-electron chi connectivity index (χ0n) is 46.8. The highest BCUT2D eigenvalue weighted by atomic mass is 35.5. The van der Waals surface area contributed by atoms with Crippen LogP contribution in [0.3, 0.4) is 0 Å². The number of benzene rings is 3. The van der Waals surface area contributed by atoms with Crippen LogP contribution in [0.4, 0.5) is 21.9 Å². The van der Waals surface area contributed by atoms with Gasteiger partial charge in [0, 0.05) is 105 Å². The van der Waals surface area contributed by atoms with Crippen LogP contribution in [0.15, 0.2) is 48.8 Å². The van der Waals surface area contributed by atoms with E-state index in [2.05, 4.69) is 31.2 Å². The Balaban J connectivity index is 0.845. The molecule has 81 heavy (non-hydrogen) atoms. The highest BCUT2D eigenvalue weighted by Gasteiger charge is 2.61. The lowest BCUT2D eigenvalue weighted by Gasteiger charge is -2.54. The summed E-state index contributed by atoms with van der Waals surface area (Å²) in [7, 11) is 0.614. The number of carbonyl (C=O) groups is 7. The number of likely N-dealkylation sites (N-methyl/N-ethyl adjacent to an activating group) is 2. The Morgan fingerprint density at radius 2 is 1.51 bits per heavy atom. The molecule has 7 amide bonds. The predicted molar refractivity (Wildman–Crippen MR) is 312 cm³/mol. The van der Waals surface area contributed by atoms with Gasteiger partial charge in [-0.25, -0.2) is 4.79 Å². The maximum absolute atomic E-state index is 15.0. The van der Waals surface area contributed by atoms with E-state index in [0.717, 1.165) is 44.2 Å². The lowest BCUT2D eigenvalue weighted by molar-refractivity contribution is -0.153. The molecule has 0 radical (unpaired) electrons. The molecule has 434 valence electrons. The van der Waals surface area contributed by atoms with Crippen LogP contribution in [0, 0.1) is 30.6 Å². The van der Waals surface area contributed by atoms with Crippen LogP contribution in [0.2, 0.25) is 0 Å². The van der Waals surface area contributed by atoms with Crippen molar-refractivity contribution in [3.8, 4) is 11.5 Å². The Labute approximate surface area is 480 Å². The van der Waals surface area contributed by atoms with E-state index in [4.69, 9.17) is 37.8 Å². The molecular formula is C56H70ClN10O12PS. The van der Waals surface area contributed by atoms with Crippen molar-refractivity contribution in [3.63, 3.8) is 0 Å². The largest absolute Gasteiger partial charge is 0.445 e. The number of aromatic nitrogens is 2. The molecule has 5 aromatic rings. The molecule has 2 atom stereocenters. The number of carbonyl (C=O) groups excluding carboxylic acids is 7. The van der Waals surface area contributed by atoms with Gasteiger partial charge in [-0.15, -0.1) is 11.6 Å². The summed E-state index contributed by atoms with van der Waals surface area (Å²) in [5.74, 6) is -1.73. The SMILES string of the molecule is CCC1(C(=O)N2CCc3c2cc(OC(=S)N(C)CCN(C)C(=O)OCc2ccc(NC(=O)CNC(=O)C(NC(=O)CNC(C)=O)C(C)C)cc2)c2[nH]cc(C)c32)CC(C)(C(=O)N2CC(CCl)c3c2cc(OP(O)O)c2[nH]cc(C)c32)C1. The van der Waals surface area contributed by atoms with Gasteiger partial charge in [-0.05, 0) is 97.6 Å². The van der Waals surface area contributed by atoms with E-state index in [1.165, 1.54) is 11.8 Å². The fourth-order valence-electron chi connectivity index (χ4n) is 11.4. The lowest BCUT2D eigenvalue weighted by atomic mass is 9.51. The minimum atomic E-state index is -2.74. The molecule has 4 heterocycles. The maximum Gasteiger partial charge on any atom is 0.409 e. The molecule has 1 saturated carbocycles. The molecule has 8 N–H and O–H groups in total. The van der Waals surface area contributed by atoms with Crippen molar-refractivity contribution >= 4 is 118 Å². The van der Waals surface area contributed by atoms with Crippen molar-refractivity contribution in [1.29, 1.82) is 0 Å². The molecule has 8 rings (SSSR count). The Morgan fingerprint density at radius 3 is 2.14 bits per heavy atom. The van der Waals surface area contributed by atoms with Crippen LogP contribution in [0.25, 0.3) is 21.8 Å². The van der Waals surface area contributed by atoms with Gasteiger partial charge in [-0.1, -0.05) is 39.8 Å². The number of fused-ring (bicyclic) bond motifs is 6. The number of aryl methyl sites for hydroxylation is 2. The summed E-state index contributed by atoms with van der Waals surface area (Å²) in [6.45, 7) is 13.2. The minimum absolute atomic E-state index is 0.0487. The number of aromatic amines is 2. The van der Waals surface area contributed by atoms with Crippen molar-refractivity contribution in [1.82, 2.24) is 35.7 Å². The van der Waals surface area contributed by atoms with Crippen LogP contribution in [0.1, 0.15) is 87.6 Å².